The second-order valence-corrected chi connectivity index (χ2v) is 6.93. The Morgan fingerprint density at radius 2 is 1.69 bits per heavy atom. The molecular weight excluding hydrogens is 326 g/mol. The van der Waals surface area contributed by atoms with Gasteiger partial charge in [-0.1, -0.05) is 19.3 Å². The van der Waals surface area contributed by atoms with Crippen molar-refractivity contribution in [1.82, 2.24) is 10.3 Å². The zero-order valence-corrected chi connectivity index (χ0v) is 15.5. The first-order chi connectivity index (χ1) is 12.6. The molecule has 1 heterocycles. The molecule has 0 aliphatic heterocycles. The van der Waals surface area contributed by atoms with Crippen molar-refractivity contribution in [2.75, 3.05) is 29.6 Å². The van der Waals surface area contributed by atoms with E-state index in [1.54, 1.807) is 12.3 Å². The molecule has 1 aliphatic carbocycles. The number of aromatic nitrogens is 1. The summed E-state index contributed by atoms with van der Waals surface area (Å²) in [5, 5.41) is 9.14. The number of nitrogens with one attached hydrogen (secondary N) is 3. The van der Waals surface area contributed by atoms with Gasteiger partial charge in [0.05, 0.1) is 11.9 Å². The van der Waals surface area contributed by atoms with Gasteiger partial charge in [-0.15, -0.1) is 0 Å². The number of hydrogen-bond donors (Lipinski definition) is 3. The highest BCUT2D eigenvalue weighted by atomic mass is 16.2. The number of urea groups is 1. The van der Waals surface area contributed by atoms with Crippen molar-refractivity contribution in [3.8, 4) is 0 Å². The number of hydrogen-bond acceptors (Lipinski definition) is 4. The van der Waals surface area contributed by atoms with Gasteiger partial charge in [0.25, 0.3) is 0 Å². The molecule has 0 radical (unpaired) electrons. The van der Waals surface area contributed by atoms with E-state index in [4.69, 9.17) is 0 Å². The van der Waals surface area contributed by atoms with E-state index in [1.165, 1.54) is 19.3 Å². The maximum atomic E-state index is 12.1. The van der Waals surface area contributed by atoms with Crippen LogP contribution in [0.1, 0.15) is 32.1 Å². The van der Waals surface area contributed by atoms with Crippen molar-refractivity contribution in [3.63, 3.8) is 0 Å². The monoisotopic (exact) mass is 353 g/mol. The van der Waals surface area contributed by atoms with Crippen LogP contribution in [0.5, 0.6) is 0 Å². The molecule has 3 N–H and O–H groups in total. The molecule has 1 aliphatic rings. The Labute approximate surface area is 155 Å². The number of nitrogens with zero attached hydrogens (tertiary/aromatic N) is 2. The van der Waals surface area contributed by atoms with Crippen molar-refractivity contribution < 1.29 is 4.79 Å². The molecule has 0 unspecified atom stereocenters. The van der Waals surface area contributed by atoms with Crippen LogP contribution in [-0.4, -0.2) is 31.2 Å². The third-order valence-corrected chi connectivity index (χ3v) is 4.62. The summed E-state index contributed by atoms with van der Waals surface area (Å²) in [6, 6.07) is 12.0. The quantitative estimate of drug-likeness (QED) is 0.748. The molecular formula is C20H27N5O. The first-order valence-corrected chi connectivity index (χ1v) is 9.18. The van der Waals surface area contributed by atoms with Gasteiger partial charge in [0.1, 0.15) is 5.82 Å². The van der Waals surface area contributed by atoms with Gasteiger partial charge in [0.2, 0.25) is 0 Å². The fourth-order valence-electron chi connectivity index (χ4n) is 3.14. The molecule has 1 saturated carbocycles. The lowest BCUT2D eigenvalue weighted by atomic mass is 9.96. The Kier molecular flexibility index (Phi) is 5.94. The van der Waals surface area contributed by atoms with E-state index in [1.807, 2.05) is 32.3 Å². The van der Waals surface area contributed by atoms with Crippen LogP contribution in [0, 0.1) is 0 Å². The van der Waals surface area contributed by atoms with Crippen molar-refractivity contribution in [3.05, 3.63) is 42.6 Å². The Balaban J connectivity index is 1.52. The van der Waals surface area contributed by atoms with Gasteiger partial charge in [0.15, 0.2) is 0 Å². The lowest BCUT2D eigenvalue weighted by Crippen LogP contribution is -2.39. The molecule has 0 saturated heterocycles. The van der Waals surface area contributed by atoms with Crippen LogP contribution < -0.4 is 20.9 Å². The van der Waals surface area contributed by atoms with E-state index in [0.29, 0.717) is 5.82 Å². The SMILES string of the molecule is CN(C)c1ccc(Nc2ccc(NC(=O)NC3CCCCC3)nc2)cc1. The standard InChI is InChI=1S/C20H27N5O/c1-25(2)18-11-8-16(9-12-18)22-17-10-13-19(21-14-17)24-20(26)23-15-6-4-3-5-7-15/h8-15,22H,3-7H2,1-2H3,(H2,21,23,24,26). The van der Waals surface area contributed by atoms with Crippen LogP contribution in [-0.2, 0) is 0 Å². The molecule has 1 aromatic heterocycles. The van der Waals surface area contributed by atoms with E-state index in [2.05, 4.69) is 38.0 Å². The predicted molar refractivity (Wildman–Crippen MR) is 107 cm³/mol. The average Bonchev–Trinajstić information content (AvgIpc) is 2.64. The molecule has 26 heavy (non-hydrogen) atoms. The van der Waals surface area contributed by atoms with Gasteiger partial charge in [0, 0.05) is 31.5 Å². The molecule has 0 atom stereocenters. The summed E-state index contributed by atoms with van der Waals surface area (Å²) < 4.78 is 0. The molecule has 0 bridgehead atoms. The van der Waals surface area contributed by atoms with Crippen LogP contribution in [0.25, 0.3) is 0 Å². The Hall–Kier alpha value is -2.76. The fourth-order valence-corrected chi connectivity index (χ4v) is 3.14. The summed E-state index contributed by atoms with van der Waals surface area (Å²) in [4.78, 5) is 18.4. The van der Waals surface area contributed by atoms with Crippen molar-refractivity contribution >= 4 is 28.9 Å². The zero-order valence-electron chi connectivity index (χ0n) is 15.5. The molecule has 6 nitrogen and oxygen atoms in total. The molecule has 2 amide bonds. The lowest BCUT2D eigenvalue weighted by Gasteiger charge is -2.22. The maximum Gasteiger partial charge on any atom is 0.320 e. The van der Waals surface area contributed by atoms with Gasteiger partial charge in [-0.05, 0) is 49.2 Å². The normalized spacial score (nSPS) is 14.5. The van der Waals surface area contributed by atoms with Gasteiger partial charge in [-0.25, -0.2) is 9.78 Å². The molecule has 2 aromatic rings. The Morgan fingerprint density at radius 1 is 1.00 bits per heavy atom. The maximum absolute atomic E-state index is 12.1. The Bertz CT molecular complexity index is 706. The minimum atomic E-state index is -0.176. The summed E-state index contributed by atoms with van der Waals surface area (Å²) in [6.45, 7) is 0. The van der Waals surface area contributed by atoms with E-state index >= 15 is 0 Å². The second-order valence-electron chi connectivity index (χ2n) is 6.93. The summed E-state index contributed by atoms with van der Waals surface area (Å²) in [7, 11) is 4.03. The highest BCUT2D eigenvalue weighted by molar-refractivity contribution is 5.88. The second kappa shape index (κ2) is 8.56. The minimum absolute atomic E-state index is 0.176. The summed E-state index contributed by atoms with van der Waals surface area (Å²) in [6.07, 6.45) is 7.51. The van der Waals surface area contributed by atoms with Gasteiger partial charge >= 0.3 is 6.03 Å². The molecule has 0 spiro atoms. The molecule has 138 valence electrons. The number of carbonyl (C=O) groups is 1. The Morgan fingerprint density at radius 3 is 2.31 bits per heavy atom. The zero-order chi connectivity index (χ0) is 18.4. The molecule has 3 rings (SSSR count). The third-order valence-electron chi connectivity index (χ3n) is 4.62. The van der Waals surface area contributed by atoms with Crippen LogP contribution in [0.3, 0.4) is 0 Å². The first-order valence-electron chi connectivity index (χ1n) is 9.18. The van der Waals surface area contributed by atoms with E-state index in [0.717, 1.165) is 29.9 Å². The summed E-state index contributed by atoms with van der Waals surface area (Å²) in [5.41, 5.74) is 3.02. The highest BCUT2D eigenvalue weighted by Crippen LogP contribution is 2.21. The number of benzene rings is 1. The minimum Gasteiger partial charge on any atom is -0.378 e. The average molecular weight is 353 g/mol. The van der Waals surface area contributed by atoms with Crippen LogP contribution in [0.2, 0.25) is 0 Å². The molecule has 6 heteroatoms. The largest absolute Gasteiger partial charge is 0.378 e. The lowest BCUT2D eigenvalue weighted by molar-refractivity contribution is 0.244. The smallest absolute Gasteiger partial charge is 0.320 e. The van der Waals surface area contributed by atoms with E-state index in [-0.39, 0.29) is 12.1 Å². The van der Waals surface area contributed by atoms with E-state index < -0.39 is 0 Å². The molecule has 1 aromatic carbocycles. The first kappa shape index (κ1) is 18.0. The topological polar surface area (TPSA) is 69.3 Å². The van der Waals surface area contributed by atoms with Crippen molar-refractivity contribution in [1.29, 1.82) is 0 Å². The highest BCUT2D eigenvalue weighted by Gasteiger charge is 2.15. The van der Waals surface area contributed by atoms with Crippen molar-refractivity contribution in [2.45, 2.75) is 38.1 Å². The fraction of sp³-hybridized carbons (Fsp3) is 0.400. The third kappa shape index (κ3) is 5.12. The van der Waals surface area contributed by atoms with Crippen molar-refractivity contribution in [2.24, 2.45) is 0 Å². The van der Waals surface area contributed by atoms with Gasteiger partial charge < -0.3 is 15.5 Å². The summed E-state index contributed by atoms with van der Waals surface area (Å²) >= 11 is 0. The van der Waals surface area contributed by atoms with Gasteiger partial charge in [-0.2, -0.15) is 0 Å². The van der Waals surface area contributed by atoms with Crippen LogP contribution in [0.4, 0.5) is 27.7 Å². The number of pyridine rings is 1. The van der Waals surface area contributed by atoms with Crippen LogP contribution >= 0.6 is 0 Å². The molecule has 1 fully saturated rings. The predicted octanol–water partition coefficient (Wildman–Crippen LogP) is 4.35. The van der Waals surface area contributed by atoms with E-state index in [9.17, 15) is 4.79 Å². The van der Waals surface area contributed by atoms with Crippen LogP contribution in [0.15, 0.2) is 42.6 Å². The summed E-state index contributed by atoms with van der Waals surface area (Å²) in [5.74, 6) is 0.548. The number of anilines is 4. The number of carbonyl (C=O) groups excluding carboxylic acids is 1. The number of amides is 2. The number of rotatable bonds is 5. The van der Waals surface area contributed by atoms with Gasteiger partial charge in [-0.3, -0.25) is 5.32 Å².